The zero-order valence-electron chi connectivity index (χ0n) is 16.6. The molecule has 2 heterocycles. The van der Waals surface area contributed by atoms with Gasteiger partial charge in [-0.15, -0.1) is 0 Å². The van der Waals surface area contributed by atoms with Crippen molar-refractivity contribution in [3.05, 3.63) is 87.5 Å². The van der Waals surface area contributed by atoms with Crippen molar-refractivity contribution in [2.45, 2.75) is 0 Å². The largest absolute Gasteiger partial charge is 0.353 e. The smallest absolute Gasteiger partial charge is 0.246 e. The summed E-state index contributed by atoms with van der Waals surface area (Å²) in [5.74, 6) is 0.891. The van der Waals surface area contributed by atoms with Gasteiger partial charge in [0.15, 0.2) is 0 Å². The second-order valence-electron chi connectivity index (χ2n) is 7.08. The normalized spacial score (nSPS) is 14.3. The molecule has 7 heteroatoms. The maximum Gasteiger partial charge on any atom is 0.246 e. The first-order valence-corrected chi connectivity index (χ1v) is 10.9. The van der Waals surface area contributed by atoms with Gasteiger partial charge in [-0.3, -0.25) is 4.79 Å². The molecular weight excluding hydrogens is 453 g/mol. The van der Waals surface area contributed by atoms with Crippen LogP contribution in [0.3, 0.4) is 0 Å². The highest BCUT2D eigenvalue weighted by Gasteiger charge is 2.20. The number of nitrogens with zero attached hydrogens (tertiary/aromatic N) is 3. The van der Waals surface area contributed by atoms with E-state index in [2.05, 4.69) is 16.0 Å². The van der Waals surface area contributed by atoms with Crippen LogP contribution < -0.4 is 4.90 Å². The second-order valence-corrected chi connectivity index (χ2v) is 8.30. The van der Waals surface area contributed by atoms with Crippen molar-refractivity contribution in [3.63, 3.8) is 0 Å². The summed E-state index contributed by atoms with van der Waals surface area (Å²) in [6.45, 7) is 2.76. The van der Waals surface area contributed by atoms with Crippen LogP contribution in [0.15, 0.2) is 60.8 Å². The number of hydrogen-bond acceptors (Lipinski definition) is 3. The number of aromatic nitrogens is 1. The number of piperazine rings is 1. The lowest BCUT2D eigenvalue weighted by atomic mass is 9.99. The number of halogens is 3. The molecular formula is C24H19Cl3N3O. The van der Waals surface area contributed by atoms with E-state index in [9.17, 15) is 4.79 Å². The molecule has 0 atom stereocenters. The van der Waals surface area contributed by atoms with Gasteiger partial charge in [-0.05, 0) is 35.9 Å². The van der Waals surface area contributed by atoms with Crippen LogP contribution in [0.5, 0.6) is 0 Å². The van der Waals surface area contributed by atoms with Crippen molar-refractivity contribution in [3.8, 4) is 11.1 Å². The second kappa shape index (κ2) is 9.73. The van der Waals surface area contributed by atoms with E-state index in [-0.39, 0.29) is 5.91 Å². The topological polar surface area (TPSA) is 36.4 Å². The number of rotatable bonds is 4. The Balaban J connectivity index is 1.49. The van der Waals surface area contributed by atoms with Gasteiger partial charge < -0.3 is 9.80 Å². The van der Waals surface area contributed by atoms with Gasteiger partial charge in [-0.2, -0.15) is 0 Å². The lowest BCUT2D eigenvalue weighted by Gasteiger charge is -2.34. The number of anilines is 1. The Bertz CT molecular complexity index is 1110. The highest BCUT2D eigenvalue weighted by molar-refractivity contribution is 6.38. The Hall–Kier alpha value is -2.53. The Labute approximate surface area is 196 Å². The molecule has 31 heavy (non-hydrogen) atoms. The molecule has 1 radical (unpaired) electrons. The summed E-state index contributed by atoms with van der Waals surface area (Å²) in [5.41, 5.74) is 2.24. The standard InChI is InChI=1S/C24H19Cl3N3O/c25-18-8-9-19(21(27)16-18)24-17(4-3-5-20(24)26)7-10-23(31)30-14-12-29(13-15-30)22-6-1-2-11-28-22/h1-4,6-11,16H,12-15H2/b10-7+. The fourth-order valence-corrected chi connectivity index (χ4v) is 4.33. The van der Waals surface area contributed by atoms with Crippen molar-refractivity contribution < 1.29 is 4.79 Å². The van der Waals surface area contributed by atoms with E-state index in [1.165, 1.54) is 0 Å². The molecule has 0 spiro atoms. The highest BCUT2D eigenvalue weighted by Crippen LogP contribution is 2.37. The minimum atomic E-state index is -0.0437. The molecule has 1 aliphatic heterocycles. The SMILES string of the molecule is O=C(/C=C/c1cc[c]c(Cl)c1-c1ccc(Cl)cc1Cl)N1CCN(c2ccccn2)CC1. The van der Waals surface area contributed by atoms with E-state index in [4.69, 9.17) is 34.8 Å². The summed E-state index contributed by atoms with van der Waals surface area (Å²) in [6, 6.07) is 17.7. The zero-order chi connectivity index (χ0) is 21.8. The Morgan fingerprint density at radius 1 is 1.03 bits per heavy atom. The minimum absolute atomic E-state index is 0.0437. The van der Waals surface area contributed by atoms with Crippen molar-refractivity contribution >= 4 is 52.6 Å². The van der Waals surface area contributed by atoms with E-state index in [0.29, 0.717) is 28.2 Å². The summed E-state index contributed by atoms with van der Waals surface area (Å²) in [6.07, 6.45) is 5.13. The van der Waals surface area contributed by atoms with Crippen LogP contribution in [-0.4, -0.2) is 42.0 Å². The molecule has 1 amide bonds. The molecule has 4 rings (SSSR count). The third-order valence-electron chi connectivity index (χ3n) is 5.15. The predicted octanol–water partition coefficient (Wildman–Crippen LogP) is 5.87. The third kappa shape index (κ3) is 5.04. The van der Waals surface area contributed by atoms with E-state index in [0.717, 1.165) is 35.6 Å². The molecule has 157 valence electrons. The number of pyridine rings is 1. The Kier molecular flexibility index (Phi) is 6.81. The van der Waals surface area contributed by atoms with Gasteiger partial charge in [0.05, 0.1) is 5.02 Å². The molecule has 1 fully saturated rings. The fraction of sp³-hybridized carbons (Fsp3) is 0.167. The maximum atomic E-state index is 12.8. The van der Waals surface area contributed by atoms with Gasteiger partial charge in [0.25, 0.3) is 0 Å². The first-order chi connectivity index (χ1) is 15.0. The van der Waals surface area contributed by atoms with E-state index in [1.54, 1.807) is 36.5 Å². The molecule has 2 aromatic carbocycles. The summed E-state index contributed by atoms with van der Waals surface area (Å²) in [7, 11) is 0. The molecule has 0 aliphatic carbocycles. The maximum absolute atomic E-state index is 12.8. The van der Waals surface area contributed by atoms with Crippen molar-refractivity contribution in [1.82, 2.24) is 9.88 Å². The molecule has 4 nitrogen and oxygen atoms in total. The van der Waals surface area contributed by atoms with E-state index >= 15 is 0 Å². The van der Waals surface area contributed by atoms with Crippen LogP contribution in [0.1, 0.15) is 5.56 Å². The summed E-state index contributed by atoms with van der Waals surface area (Å²) in [5, 5.41) is 1.46. The lowest BCUT2D eigenvalue weighted by molar-refractivity contribution is -0.126. The molecule has 1 saturated heterocycles. The predicted molar refractivity (Wildman–Crippen MR) is 128 cm³/mol. The molecule has 0 saturated carbocycles. The van der Waals surface area contributed by atoms with Gasteiger partial charge in [-0.1, -0.05) is 59.1 Å². The van der Waals surface area contributed by atoms with Crippen molar-refractivity contribution in [1.29, 1.82) is 0 Å². The van der Waals surface area contributed by atoms with Crippen LogP contribution in [-0.2, 0) is 4.79 Å². The monoisotopic (exact) mass is 470 g/mol. The lowest BCUT2D eigenvalue weighted by Crippen LogP contribution is -2.48. The first kappa shape index (κ1) is 21.7. The Morgan fingerprint density at radius 3 is 2.55 bits per heavy atom. The first-order valence-electron chi connectivity index (χ1n) is 9.81. The average molecular weight is 472 g/mol. The summed E-state index contributed by atoms with van der Waals surface area (Å²) < 4.78 is 0. The van der Waals surface area contributed by atoms with Crippen molar-refractivity contribution in [2.75, 3.05) is 31.1 Å². The van der Waals surface area contributed by atoms with Crippen LogP contribution in [0, 0.1) is 6.07 Å². The molecule has 0 unspecified atom stereocenters. The molecule has 0 bridgehead atoms. The number of benzene rings is 2. The third-order valence-corrected chi connectivity index (χ3v) is 6.00. The van der Waals surface area contributed by atoms with Gasteiger partial charge >= 0.3 is 0 Å². The molecule has 3 aromatic rings. The van der Waals surface area contributed by atoms with Crippen LogP contribution in [0.25, 0.3) is 17.2 Å². The summed E-state index contributed by atoms with van der Waals surface area (Å²) >= 11 is 18.8. The van der Waals surface area contributed by atoms with Gasteiger partial charge in [0, 0.05) is 65.7 Å². The zero-order valence-corrected chi connectivity index (χ0v) is 18.8. The van der Waals surface area contributed by atoms with E-state index < -0.39 is 0 Å². The molecule has 1 aromatic heterocycles. The quantitative estimate of drug-likeness (QED) is 0.446. The minimum Gasteiger partial charge on any atom is -0.353 e. The van der Waals surface area contributed by atoms with Gasteiger partial charge in [0.2, 0.25) is 5.91 Å². The number of carbonyl (C=O) groups excluding carboxylic acids is 1. The highest BCUT2D eigenvalue weighted by atomic mass is 35.5. The molecule has 1 aliphatic rings. The number of carbonyl (C=O) groups is 1. The average Bonchev–Trinajstić information content (AvgIpc) is 2.79. The fourth-order valence-electron chi connectivity index (χ4n) is 3.55. The van der Waals surface area contributed by atoms with Crippen LogP contribution in [0.4, 0.5) is 5.82 Å². The van der Waals surface area contributed by atoms with Crippen molar-refractivity contribution in [2.24, 2.45) is 0 Å². The molecule has 0 N–H and O–H groups in total. The van der Waals surface area contributed by atoms with Gasteiger partial charge in [0.1, 0.15) is 5.82 Å². The van der Waals surface area contributed by atoms with Crippen LogP contribution >= 0.6 is 34.8 Å². The number of amides is 1. The summed E-state index contributed by atoms with van der Waals surface area (Å²) in [4.78, 5) is 21.2. The van der Waals surface area contributed by atoms with E-state index in [1.807, 2.05) is 35.2 Å². The Morgan fingerprint density at radius 2 is 1.84 bits per heavy atom. The van der Waals surface area contributed by atoms with Gasteiger partial charge in [-0.25, -0.2) is 4.98 Å². The van der Waals surface area contributed by atoms with Crippen LogP contribution in [0.2, 0.25) is 15.1 Å². The number of hydrogen-bond donors (Lipinski definition) is 0.